The normalized spacial score (nSPS) is 19.4. The highest BCUT2D eigenvalue weighted by Crippen LogP contribution is 2.36. The molecule has 0 saturated carbocycles. The minimum absolute atomic E-state index is 0.390. The monoisotopic (exact) mass is 311 g/mol. The molecule has 0 radical (unpaired) electrons. The second-order valence-electron chi connectivity index (χ2n) is 5.23. The summed E-state index contributed by atoms with van der Waals surface area (Å²) in [6, 6.07) is 6.29. The molecule has 1 aromatic carbocycles. The average molecular weight is 312 g/mol. The molecule has 98 valence electrons. The van der Waals surface area contributed by atoms with Gasteiger partial charge >= 0.3 is 0 Å². The number of rotatable bonds is 1. The molecule has 3 rings (SSSR count). The molecule has 0 atom stereocenters. The second kappa shape index (κ2) is 5.41. The first-order valence-electron chi connectivity index (χ1n) is 6.04. The smallest absolute Gasteiger partial charge is 0.209 e. The number of amides is 1. The summed E-state index contributed by atoms with van der Waals surface area (Å²) in [5.74, 6) is 0. The number of nitrogens with zero attached hydrogens (tertiary/aromatic N) is 1. The van der Waals surface area contributed by atoms with Gasteiger partial charge in [-0.25, -0.2) is 0 Å². The molecule has 4 heteroatoms. The lowest BCUT2D eigenvalue weighted by Crippen LogP contribution is -2.65. The fourth-order valence-electron chi connectivity index (χ4n) is 2.17. The largest absolute Gasteiger partial charge is 0.380 e. The first-order chi connectivity index (χ1) is 8.54. The molecule has 0 aliphatic carbocycles. The maximum atomic E-state index is 10.1. The standard InChI is InChI=1S/C8H9Br.C6H9NO2/c1-6-3-4-8(9)5-7(6)2;8-5-7-1-6(2-7)3-9-4-6/h3-5H,1-2H3;5H,1-4H2. The SMILES string of the molecule is Cc1ccc(Br)cc1C.O=CN1CC2(COC2)C1. The van der Waals surface area contributed by atoms with Crippen LogP contribution in [0, 0.1) is 19.3 Å². The van der Waals surface area contributed by atoms with Gasteiger partial charge in [-0.1, -0.05) is 22.0 Å². The molecule has 3 nitrogen and oxygen atoms in total. The van der Waals surface area contributed by atoms with Crippen LogP contribution < -0.4 is 0 Å². The number of halogens is 1. The van der Waals surface area contributed by atoms with Gasteiger partial charge in [0.2, 0.25) is 6.41 Å². The third kappa shape index (κ3) is 2.93. The van der Waals surface area contributed by atoms with E-state index in [2.05, 4.69) is 48.0 Å². The van der Waals surface area contributed by atoms with Gasteiger partial charge < -0.3 is 9.64 Å². The summed E-state index contributed by atoms with van der Waals surface area (Å²) in [4.78, 5) is 11.9. The molecule has 1 amide bonds. The lowest BCUT2D eigenvalue weighted by molar-refractivity contribution is -0.188. The molecule has 2 aliphatic rings. The highest BCUT2D eigenvalue weighted by molar-refractivity contribution is 9.10. The highest BCUT2D eigenvalue weighted by Gasteiger charge is 2.48. The van der Waals surface area contributed by atoms with Crippen LogP contribution in [0.25, 0.3) is 0 Å². The number of hydrogen-bond donors (Lipinski definition) is 0. The van der Waals surface area contributed by atoms with Crippen molar-refractivity contribution in [3.05, 3.63) is 33.8 Å². The Hall–Kier alpha value is -0.870. The summed E-state index contributed by atoms with van der Waals surface area (Å²) in [5.41, 5.74) is 3.07. The Labute approximate surface area is 116 Å². The summed E-state index contributed by atoms with van der Waals surface area (Å²) in [5, 5.41) is 0. The van der Waals surface area contributed by atoms with Gasteiger partial charge in [-0.3, -0.25) is 4.79 Å². The zero-order valence-corrected chi connectivity index (χ0v) is 12.4. The Morgan fingerprint density at radius 3 is 2.33 bits per heavy atom. The second-order valence-corrected chi connectivity index (χ2v) is 6.15. The van der Waals surface area contributed by atoms with E-state index in [-0.39, 0.29) is 0 Å². The van der Waals surface area contributed by atoms with Crippen LogP contribution >= 0.6 is 15.9 Å². The maximum absolute atomic E-state index is 10.1. The molecule has 2 fully saturated rings. The molecule has 1 spiro atoms. The number of hydrogen-bond acceptors (Lipinski definition) is 2. The molecule has 18 heavy (non-hydrogen) atoms. The van der Waals surface area contributed by atoms with Gasteiger partial charge in [0, 0.05) is 17.6 Å². The predicted octanol–water partition coefficient (Wildman–Crippen LogP) is 2.54. The van der Waals surface area contributed by atoms with Gasteiger partial charge in [-0.15, -0.1) is 0 Å². The van der Waals surface area contributed by atoms with Gasteiger partial charge in [-0.05, 0) is 37.1 Å². The number of aryl methyl sites for hydroxylation is 2. The first kappa shape index (κ1) is 13.6. The van der Waals surface area contributed by atoms with Crippen molar-refractivity contribution < 1.29 is 9.53 Å². The van der Waals surface area contributed by atoms with Crippen LogP contribution in [0.1, 0.15) is 11.1 Å². The van der Waals surface area contributed by atoms with Gasteiger partial charge in [0.1, 0.15) is 0 Å². The van der Waals surface area contributed by atoms with E-state index >= 15 is 0 Å². The molecule has 2 aliphatic heterocycles. The number of carbonyl (C=O) groups is 1. The van der Waals surface area contributed by atoms with Gasteiger partial charge in [0.25, 0.3) is 0 Å². The molecule has 1 aromatic rings. The zero-order valence-electron chi connectivity index (χ0n) is 10.8. The van der Waals surface area contributed by atoms with E-state index in [0.717, 1.165) is 37.2 Å². The van der Waals surface area contributed by atoms with Crippen LogP contribution in [-0.4, -0.2) is 37.6 Å². The van der Waals surface area contributed by atoms with Crippen LogP contribution in [0.4, 0.5) is 0 Å². The third-order valence-electron chi connectivity index (χ3n) is 3.51. The summed E-state index contributed by atoms with van der Waals surface area (Å²) < 4.78 is 6.19. The molecule has 0 N–H and O–H groups in total. The van der Waals surface area contributed by atoms with Gasteiger partial charge in [0.15, 0.2) is 0 Å². The summed E-state index contributed by atoms with van der Waals surface area (Å²) >= 11 is 3.40. The van der Waals surface area contributed by atoms with Gasteiger partial charge in [0.05, 0.1) is 18.6 Å². The fraction of sp³-hybridized carbons (Fsp3) is 0.500. The molecule has 0 aromatic heterocycles. The van der Waals surface area contributed by atoms with E-state index in [4.69, 9.17) is 4.74 Å². The molecule has 0 bridgehead atoms. The van der Waals surface area contributed by atoms with Crippen molar-refractivity contribution in [2.45, 2.75) is 13.8 Å². The number of benzene rings is 1. The lowest BCUT2D eigenvalue weighted by atomic mass is 9.78. The van der Waals surface area contributed by atoms with Gasteiger partial charge in [-0.2, -0.15) is 0 Å². The van der Waals surface area contributed by atoms with E-state index in [9.17, 15) is 4.79 Å². The number of carbonyl (C=O) groups excluding carboxylic acids is 1. The Morgan fingerprint density at radius 2 is 1.94 bits per heavy atom. The molecular weight excluding hydrogens is 294 g/mol. The highest BCUT2D eigenvalue weighted by atomic mass is 79.9. The van der Waals surface area contributed by atoms with E-state index in [1.54, 1.807) is 4.90 Å². The maximum Gasteiger partial charge on any atom is 0.209 e. The quantitative estimate of drug-likeness (QED) is 0.746. The Balaban J connectivity index is 0.000000134. The van der Waals surface area contributed by atoms with Crippen molar-refractivity contribution >= 4 is 22.3 Å². The van der Waals surface area contributed by atoms with Crippen LogP contribution in [0.15, 0.2) is 22.7 Å². The minimum atomic E-state index is 0.390. The van der Waals surface area contributed by atoms with Crippen LogP contribution in [-0.2, 0) is 9.53 Å². The topological polar surface area (TPSA) is 29.5 Å². The Bertz CT molecular complexity index is 435. The first-order valence-corrected chi connectivity index (χ1v) is 6.84. The minimum Gasteiger partial charge on any atom is -0.380 e. The van der Waals surface area contributed by atoms with Crippen LogP contribution in [0.5, 0.6) is 0 Å². The number of ether oxygens (including phenoxy) is 1. The van der Waals surface area contributed by atoms with E-state index in [1.165, 1.54) is 11.1 Å². The molecule has 2 heterocycles. The molecular formula is C14H18BrNO2. The average Bonchev–Trinajstić information content (AvgIpc) is 2.22. The van der Waals surface area contributed by atoms with Crippen molar-refractivity contribution in [2.24, 2.45) is 5.41 Å². The lowest BCUT2D eigenvalue weighted by Gasteiger charge is -2.53. The summed E-state index contributed by atoms with van der Waals surface area (Å²) in [6.45, 7) is 7.77. The zero-order chi connectivity index (χ0) is 13.2. The molecule has 2 saturated heterocycles. The van der Waals surface area contributed by atoms with Crippen LogP contribution in [0.2, 0.25) is 0 Å². The van der Waals surface area contributed by atoms with Crippen molar-refractivity contribution in [1.29, 1.82) is 0 Å². The molecule has 0 unspecified atom stereocenters. The van der Waals surface area contributed by atoms with Crippen molar-refractivity contribution in [3.63, 3.8) is 0 Å². The van der Waals surface area contributed by atoms with Crippen molar-refractivity contribution in [2.75, 3.05) is 26.3 Å². The van der Waals surface area contributed by atoms with Crippen LogP contribution in [0.3, 0.4) is 0 Å². The Morgan fingerprint density at radius 1 is 1.28 bits per heavy atom. The van der Waals surface area contributed by atoms with E-state index in [0.29, 0.717) is 5.41 Å². The summed E-state index contributed by atoms with van der Waals surface area (Å²) in [7, 11) is 0. The van der Waals surface area contributed by atoms with Crippen molar-refractivity contribution in [3.8, 4) is 0 Å². The van der Waals surface area contributed by atoms with E-state index < -0.39 is 0 Å². The predicted molar refractivity (Wildman–Crippen MR) is 74.5 cm³/mol. The van der Waals surface area contributed by atoms with Crippen molar-refractivity contribution in [1.82, 2.24) is 4.90 Å². The van der Waals surface area contributed by atoms with E-state index in [1.807, 2.05) is 0 Å². The fourth-order valence-corrected chi connectivity index (χ4v) is 2.64. The number of likely N-dealkylation sites (tertiary alicyclic amines) is 1. The Kier molecular flexibility index (Phi) is 4.07. The third-order valence-corrected chi connectivity index (χ3v) is 4.00. The summed E-state index contributed by atoms with van der Waals surface area (Å²) in [6.07, 6.45) is 0.906.